The van der Waals surface area contributed by atoms with Crippen molar-refractivity contribution in [2.24, 2.45) is 5.10 Å². The molecule has 1 N–H and O–H groups in total. The van der Waals surface area contributed by atoms with Crippen molar-refractivity contribution >= 4 is 23.7 Å². The van der Waals surface area contributed by atoms with Gasteiger partial charge in [0.15, 0.2) is 0 Å². The summed E-state index contributed by atoms with van der Waals surface area (Å²) >= 11 is 5.82. The van der Waals surface area contributed by atoms with E-state index >= 15 is 0 Å². The molecule has 0 radical (unpaired) electrons. The van der Waals surface area contributed by atoms with Crippen LogP contribution in [0, 0.1) is 0 Å². The fourth-order valence-corrected chi connectivity index (χ4v) is 1.56. The molecule has 0 spiro atoms. The second-order valence-electron chi connectivity index (χ2n) is 3.81. The maximum absolute atomic E-state index is 11.3. The third-order valence-electron chi connectivity index (χ3n) is 2.26. The Bertz CT molecular complexity index is 391. The summed E-state index contributed by atoms with van der Waals surface area (Å²) in [6.07, 6.45) is 5.21. The van der Waals surface area contributed by atoms with Crippen LogP contribution in [0.2, 0.25) is 5.02 Å². The summed E-state index contributed by atoms with van der Waals surface area (Å²) in [5, 5.41) is 4.53. The minimum absolute atomic E-state index is 0.0447. The highest BCUT2D eigenvalue weighted by Gasteiger charge is 1.97. The Morgan fingerprint density at radius 2 is 2.29 bits per heavy atom. The summed E-state index contributed by atoms with van der Waals surface area (Å²) < 4.78 is 0. The van der Waals surface area contributed by atoms with Crippen molar-refractivity contribution < 1.29 is 4.79 Å². The van der Waals surface area contributed by atoms with Crippen LogP contribution in [0.15, 0.2) is 29.4 Å². The number of benzene rings is 1. The number of rotatable bonds is 6. The Morgan fingerprint density at radius 3 is 3.00 bits per heavy atom. The summed E-state index contributed by atoms with van der Waals surface area (Å²) in [5.74, 6) is -0.0447. The number of hydrogen-bond donors (Lipinski definition) is 1. The second kappa shape index (κ2) is 7.85. The van der Waals surface area contributed by atoms with E-state index in [1.165, 1.54) is 0 Å². The number of nitrogens with one attached hydrogen (secondary N) is 1. The monoisotopic (exact) mass is 252 g/mol. The third kappa shape index (κ3) is 6.07. The van der Waals surface area contributed by atoms with Gasteiger partial charge < -0.3 is 0 Å². The lowest BCUT2D eigenvalue weighted by molar-refractivity contribution is -0.121. The van der Waals surface area contributed by atoms with E-state index < -0.39 is 0 Å². The summed E-state index contributed by atoms with van der Waals surface area (Å²) in [6.45, 7) is 2.11. The maximum Gasteiger partial charge on any atom is 0.240 e. The number of unbranched alkanes of at least 4 members (excludes halogenated alkanes) is 2. The van der Waals surface area contributed by atoms with Crippen molar-refractivity contribution in [2.45, 2.75) is 32.6 Å². The van der Waals surface area contributed by atoms with Gasteiger partial charge in [-0.15, -0.1) is 0 Å². The molecule has 3 nitrogen and oxygen atoms in total. The molecule has 0 aliphatic carbocycles. The Morgan fingerprint density at radius 1 is 1.47 bits per heavy atom. The molecule has 0 saturated heterocycles. The van der Waals surface area contributed by atoms with Gasteiger partial charge in [0.05, 0.1) is 6.21 Å². The van der Waals surface area contributed by atoms with E-state index in [1.54, 1.807) is 18.3 Å². The molecule has 0 heterocycles. The van der Waals surface area contributed by atoms with Crippen molar-refractivity contribution in [2.75, 3.05) is 0 Å². The highest BCUT2D eigenvalue weighted by Crippen LogP contribution is 2.08. The summed E-state index contributed by atoms with van der Waals surface area (Å²) in [6, 6.07) is 7.29. The molecule has 0 fully saturated rings. The molecule has 0 aliphatic rings. The Kier molecular flexibility index (Phi) is 6.33. The number of carbonyl (C=O) groups is 1. The fourth-order valence-electron chi connectivity index (χ4n) is 1.36. The fraction of sp³-hybridized carbons (Fsp3) is 0.385. The van der Waals surface area contributed by atoms with Crippen molar-refractivity contribution in [3.8, 4) is 0 Å². The average Bonchev–Trinajstić information content (AvgIpc) is 2.29. The first kappa shape index (κ1) is 13.7. The zero-order chi connectivity index (χ0) is 12.5. The second-order valence-corrected chi connectivity index (χ2v) is 4.24. The Labute approximate surface area is 107 Å². The number of hydrogen-bond acceptors (Lipinski definition) is 2. The zero-order valence-corrected chi connectivity index (χ0v) is 10.7. The van der Waals surface area contributed by atoms with Crippen molar-refractivity contribution in [1.29, 1.82) is 0 Å². The lowest BCUT2D eigenvalue weighted by Crippen LogP contribution is -2.16. The number of halogens is 1. The SMILES string of the molecule is CCCCCC(=O)NN=Cc1cccc(Cl)c1. The lowest BCUT2D eigenvalue weighted by Gasteiger charge is -1.98. The Balaban J connectivity index is 2.32. The van der Waals surface area contributed by atoms with E-state index in [9.17, 15) is 4.79 Å². The van der Waals surface area contributed by atoms with Gasteiger partial charge >= 0.3 is 0 Å². The normalized spacial score (nSPS) is 10.7. The van der Waals surface area contributed by atoms with E-state index in [4.69, 9.17) is 11.6 Å². The first-order chi connectivity index (χ1) is 8.22. The van der Waals surface area contributed by atoms with E-state index in [0.29, 0.717) is 11.4 Å². The molecule has 17 heavy (non-hydrogen) atoms. The summed E-state index contributed by atoms with van der Waals surface area (Å²) in [4.78, 5) is 11.3. The van der Waals surface area contributed by atoms with Crippen LogP contribution in [0.4, 0.5) is 0 Å². The predicted molar refractivity (Wildman–Crippen MR) is 71.3 cm³/mol. The largest absolute Gasteiger partial charge is 0.273 e. The van der Waals surface area contributed by atoms with Gasteiger partial charge in [0.25, 0.3) is 0 Å². The van der Waals surface area contributed by atoms with Gasteiger partial charge in [-0.25, -0.2) is 5.43 Å². The molecule has 1 amide bonds. The standard InChI is InChI=1S/C13H17ClN2O/c1-2-3-4-8-13(17)16-15-10-11-6-5-7-12(14)9-11/h5-7,9-10H,2-4,8H2,1H3,(H,16,17). The first-order valence-electron chi connectivity index (χ1n) is 5.80. The van der Waals surface area contributed by atoms with Crippen molar-refractivity contribution in [1.82, 2.24) is 5.43 Å². The molecule has 92 valence electrons. The number of carbonyl (C=O) groups excluding carboxylic acids is 1. The molecule has 0 bridgehead atoms. The van der Waals surface area contributed by atoms with Crippen LogP contribution in [0.1, 0.15) is 38.2 Å². The first-order valence-corrected chi connectivity index (χ1v) is 6.17. The molecule has 4 heteroatoms. The average molecular weight is 253 g/mol. The summed E-state index contributed by atoms with van der Waals surface area (Å²) in [7, 11) is 0. The third-order valence-corrected chi connectivity index (χ3v) is 2.49. The molecular formula is C13H17ClN2O. The minimum atomic E-state index is -0.0447. The van der Waals surface area contributed by atoms with E-state index in [0.717, 1.165) is 24.8 Å². The predicted octanol–water partition coefficient (Wildman–Crippen LogP) is 3.37. The van der Waals surface area contributed by atoms with Crippen molar-refractivity contribution in [3.05, 3.63) is 34.9 Å². The molecule has 1 aromatic rings. The van der Waals surface area contributed by atoms with Crippen molar-refractivity contribution in [3.63, 3.8) is 0 Å². The quantitative estimate of drug-likeness (QED) is 0.471. The van der Waals surface area contributed by atoms with Gasteiger partial charge in [0.2, 0.25) is 5.91 Å². The molecule has 1 aromatic carbocycles. The molecule has 0 aliphatic heterocycles. The van der Waals surface area contributed by atoms with Crippen LogP contribution in [0.3, 0.4) is 0 Å². The van der Waals surface area contributed by atoms with Gasteiger partial charge in [0.1, 0.15) is 0 Å². The highest BCUT2D eigenvalue weighted by atomic mass is 35.5. The Hall–Kier alpha value is -1.35. The maximum atomic E-state index is 11.3. The number of hydrazone groups is 1. The van der Waals surface area contributed by atoms with Crippen LogP contribution in [-0.4, -0.2) is 12.1 Å². The van der Waals surface area contributed by atoms with Crippen LogP contribution in [0.5, 0.6) is 0 Å². The molecule has 0 atom stereocenters. The number of amides is 1. The molecular weight excluding hydrogens is 236 g/mol. The minimum Gasteiger partial charge on any atom is -0.273 e. The van der Waals surface area contributed by atoms with Crippen LogP contribution < -0.4 is 5.43 Å². The summed E-state index contributed by atoms with van der Waals surface area (Å²) in [5.41, 5.74) is 3.36. The number of nitrogens with zero attached hydrogens (tertiary/aromatic N) is 1. The smallest absolute Gasteiger partial charge is 0.240 e. The van der Waals surface area contributed by atoms with Crippen LogP contribution in [-0.2, 0) is 4.79 Å². The molecule has 0 saturated carbocycles. The molecule has 0 aromatic heterocycles. The van der Waals surface area contributed by atoms with Crippen LogP contribution >= 0.6 is 11.6 Å². The van der Waals surface area contributed by atoms with E-state index in [1.807, 2.05) is 12.1 Å². The van der Waals surface area contributed by atoms with E-state index in [-0.39, 0.29) is 5.91 Å². The van der Waals surface area contributed by atoms with Gasteiger partial charge in [0, 0.05) is 11.4 Å². The topological polar surface area (TPSA) is 41.5 Å². The van der Waals surface area contributed by atoms with Gasteiger partial charge in [-0.05, 0) is 24.1 Å². The zero-order valence-electron chi connectivity index (χ0n) is 9.95. The van der Waals surface area contributed by atoms with E-state index in [2.05, 4.69) is 17.5 Å². The van der Waals surface area contributed by atoms with Gasteiger partial charge in [-0.3, -0.25) is 4.79 Å². The van der Waals surface area contributed by atoms with Gasteiger partial charge in [-0.2, -0.15) is 5.10 Å². The van der Waals surface area contributed by atoms with Gasteiger partial charge in [-0.1, -0.05) is 43.5 Å². The highest BCUT2D eigenvalue weighted by molar-refractivity contribution is 6.30. The van der Waals surface area contributed by atoms with Crippen LogP contribution in [0.25, 0.3) is 0 Å². The molecule has 0 unspecified atom stereocenters. The lowest BCUT2D eigenvalue weighted by atomic mass is 10.2. The molecule has 1 rings (SSSR count).